The summed E-state index contributed by atoms with van der Waals surface area (Å²) in [7, 11) is 0. The van der Waals surface area contributed by atoms with Crippen molar-refractivity contribution < 1.29 is 19.8 Å². The van der Waals surface area contributed by atoms with Gasteiger partial charge in [0, 0.05) is 32.7 Å². The summed E-state index contributed by atoms with van der Waals surface area (Å²) in [5, 5.41) is 17.9. The third-order valence-electron chi connectivity index (χ3n) is 3.66. The highest BCUT2D eigenvalue weighted by Gasteiger charge is 2.21. The lowest BCUT2D eigenvalue weighted by molar-refractivity contribution is -0.138. The Morgan fingerprint density at radius 1 is 1.05 bits per heavy atom. The smallest absolute Gasteiger partial charge is 0.304 e. The molecule has 2 N–H and O–H groups in total. The van der Waals surface area contributed by atoms with Crippen LogP contribution in [0.3, 0.4) is 0 Å². The number of hydrogen-bond donors (Lipinski definition) is 2. The minimum atomic E-state index is -0.791. The number of aromatic hydroxyl groups is 1. The molecule has 6 heteroatoms. The number of carbonyl (C=O) groups excluding carboxylic acids is 1. The van der Waals surface area contributed by atoms with Crippen LogP contribution in [0.25, 0.3) is 0 Å². The average molecular weight is 292 g/mol. The second kappa shape index (κ2) is 7.08. The van der Waals surface area contributed by atoms with Crippen molar-refractivity contribution in [2.24, 2.45) is 0 Å². The SMILES string of the molecule is O=C(O)CCN1CCN(C(=O)Cc2ccc(O)cc2)CC1. The summed E-state index contributed by atoms with van der Waals surface area (Å²) in [5.74, 6) is -0.530. The molecule has 0 aliphatic carbocycles. The molecule has 6 nitrogen and oxygen atoms in total. The van der Waals surface area contributed by atoms with E-state index in [9.17, 15) is 14.7 Å². The number of rotatable bonds is 5. The monoisotopic (exact) mass is 292 g/mol. The van der Waals surface area contributed by atoms with Crippen molar-refractivity contribution in [3.05, 3.63) is 29.8 Å². The fourth-order valence-corrected chi connectivity index (χ4v) is 2.37. The molecule has 0 aromatic heterocycles. The van der Waals surface area contributed by atoms with E-state index in [0.29, 0.717) is 39.1 Å². The van der Waals surface area contributed by atoms with Gasteiger partial charge < -0.3 is 15.1 Å². The lowest BCUT2D eigenvalue weighted by Crippen LogP contribution is -2.49. The summed E-state index contributed by atoms with van der Waals surface area (Å²) >= 11 is 0. The van der Waals surface area contributed by atoms with Gasteiger partial charge in [0.05, 0.1) is 12.8 Å². The van der Waals surface area contributed by atoms with Crippen molar-refractivity contribution in [1.82, 2.24) is 9.80 Å². The molecule has 1 aliphatic heterocycles. The number of phenolic OH excluding ortho intramolecular Hbond substituents is 1. The Kier molecular flexibility index (Phi) is 5.16. The number of amides is 1. The molecular weight excluding hydrogens is 272 g/mol. The van der Waals surface area contributed by atoms with Gasteiger partial charge in [-0.15, -0.1) is 0 Å². The summed E-state index contributed by atoms with van der Waals surface area (Å²) in [6.07, 6.45) is 0.469. The van der Waals surface area contributed by atoms with Crippen LogP contribution in [0.1, 0.15) is 12.0 Å². The zero-order valence-electron chi connectivity index (χ0n) is 11.9. The summed E-state index contributed by atoms with van der Waals surface area (Å²) < 4.78 is 0. The molecule has 0 radical (unpaired) electrons. The van der Waals surface area contributed by atoms with Gasteiger partial charge in [-0.1, -0.05) is 12.1 Å². The molecule has 1 heterocycles. The maximum absolute atomic E-state index is 12.2. The Morgan fingerprint density at radius 3 is 2.24 bits per heavy atom. The number of aliphatic carboxylic acids is 1. The Morgan fingerprint density at radius 2 is 1.67 bits per heavy atom. The van der Waals surface area contributed by atoms with Crippen LogP contribution < -0.4 is 0 Å². The lowest BCUT2D eigenvalue weighted by Gasteiger charge is -2.34. The van der Waals surface area contributed by atoms with Crippen molar-refractivity contribution in [3.63, 3.8) is 0 Å². The van der Waals surface area contributed by atoms with E-state index in [4.69, 9.17) is 5.11 Å². The number of hydrogen-bond acceptors (Lipinski definition) is 4. The quantitative estimate of drug-likeness (QED) is 0.828. The number of carboxylic acid groups (broad SMARTS) is 1. The maximum Gasteiger partial charge on any atom is 0.304 e. The van der Waals surface area contributed by atoms with E-state index in [0.717, 1.165) is 5.56 Å². The minimum absolute atomic E-state index is 0.0681. The summed E-state index contributed by atoms with van der Waals surface area (Å²) in [6, 6.07) is 6.64. The zero-order valence-corrected chi connectivity index (χ0v) is 11.9. The first-order valence-corrected chi connectivity index (χ1v) is 7.04. The van der Waals surface area contributed by atoms with Gasteiger partial charge in [-0.2, -0.15) is 0 Å². The highest BCUT2D eigenvalue weighted by Crippen LogP contribution is 2.12. The molecule has 1 aromatic carbocycles. The standard InChI is InChI=1S/C15H20N2O4/c18-13-3-1-12(2-4-13)11-14(19)17-9-7-16(8-10-17)6-5-15(20)21/h1-4,18H,5-11H2,(H,20,21). The third-order valence-corrected chi connectivity index (χ3v) is 3.66. The Bertz CT molecular complexity index is 493. The van der Waals surface area contributed by atoms with E-state index in [2.05, 4.69) is 4.90 Å². The van der Waals surface area contributed by atoms with Gasteiger partial charge >= 0.3 is 5.97 Å². The number of phenols is 1. The fourth-order valence-electron chi connectivity index (χ4n) is 2.37. The van der Waals surface area contributed by atoms with E-state index < -0.39 is 5.97 Å². The molecule has 1 fully saturated rings. The fraction of sp³-hybridized carbons (Fsp3) is 0.467. The Balaban J connectivity index is 1.77. The number of carbonyl (C=O) groups is 2. The van der Waals surface area contributed by atoms with Gasteiger partial charge in [-0.3, -0.25) is 14.5 Å². The first-order valence-electron chi connectivity index (χ1n) is 7.04. The number of carboxylic acids is 1. The second-order valence-corrected chi connectivity index (χ2v) is 5.21. The minimum Gasteiger partial charge on any atom is -0.508 e. The van der Waals surface area contributed by atoms with Crippen LogP contribution >= 0.6 is 0 Å². The lowest BCUT2D eigenvalue weighted by atomic mass is 10.1. The van der Waals surface area contributed by atoms with Gasteiger partial charge in [0.1, 0.15) is 5.75 Å². The highest BCUT2D eigenvalue weighted by molar-refractivity contribution is 5.79. The van der Waals surface area contributed by atoms with Crippen molar-refractivity contribution in [2.75, 3.05) is 32.7 Å². The van der Waals surface area contributed by atoms with Gasteiger partial charge in [0.2, 0.25) is 5.91 Å². The molecular formula is C15H20N2O4. The summed E-state index contributed by atoms with van der Waals surface area (Å²) in [6.45, 7) is 3.24. The Labute approximate surface area is 123 Å². The van der Waals surface area contributed by atoms with Crippen molar-refractivity contribution in [1.29, 1.82) is 0 Å². The third kappa shape index (κ3) is 4.75. The number of benzene rings is 1. The molecule has 0 saturated carbocycles. The van der Waals surface area contributed by atoms with Crippen LogP contribution in [0.2, 0.25) is 0 Å². The number of nitrogens with zero attached hydrogens (tertiary/aromatic N) is 2. The molecule has 1 saturated heterocycles. The molecule has 1 aliphatic rings. The van der Waals surface area contributed by atoms with Crippen molar-refractivity contribution in [2.45, 2.75) is 12.8 Å². The molecule has 0 bridgehead atoms. The predicted molar refractivity (Wildman–Crippen MR) is 77.1 cm³/mol. The van der Waals surface area contributed by atoms with Gasteiger partial charge in [0.25, 0.3) is 0 Å². The van der Waals surface area contributed by atoms with Crippen LogP contribution in [-0.4, -0.2) is 64.6 Å². The molecule has 0 unspecified atom stereocenters. The van der Waals surface area contributed by atoms with E-state index in [1.54, 1.807) is 24.3 Å². The van der Waals surface area contributed by atoms with Crippen LogP contribution in [0.15, 0.2) is 24.3 Å². The zero-order chi connectivity index (χ0) is 15.2. The van der Waals surface area contributed by atoms with Crippen LogP contribution in [0.5, 0.6) is 5.75 Å². The van der Waals surface area contributed by atoms with Crippen LogP contribution in [-0.2, 0) is 16.0 Å². The topological polar surface area (TPSA) is 81.1 Å². The van der Waals surface area contributed by atoms with Crippen molar-refractivity contribution >= 4 is 11.9 Å². The van der Waals surface area contributed by atoms with Crippen LogP contribution in [0, 0.1) is 0 Å². The molecule has 2 rings (SSSR count). The summed E-state index contributed by atoms with van der Waals surface area (Å²) in [5.41, 5.74) is 0.881. The highest BCUT2D eigenvalue weighted by atomic mass is 16.4. The van der Waals surface area contributed by atoms with Crippen LogP contribution in [0.4, 0.5) is 0 Å². The van der Waals surface area contributed by atoms with E-state index in [1.165, 1.54) is 0 Å². The van der Waals surface area contributed by atoms with Crippen molar-refractivity contribution in [3.8, 4) is 5.75 Å². The average Bonchev–Trinajstić information content (AvgIpc) is 2.48. The molecule has 0 spiro atoms. The number of piperazine rings is 1. The molecule has 114 valence electrons. The van der Waals surface area contributed by atoms with E-state index in [1.807, 2.05) is 4.90 Å². The maximum atomic E-state index is 12.2. The Hall–Kier alpha value is -2.08. The molecule has 1 amide bonds. The molecule has 1 aromatic rings. The largest absolute Gasteiger partial charge is 0.508 e. The first-order chi connectivity index (χ1) is 10.0. The first kappa shape index (κ1) is 15.3. The summed E-state index contributed by atoms with van der Waals surface area (Å²) in [4.78, 5) is 26.6. The van der Waals surface area contributed by atoms with Gasteiger partial charge in [-0.25, -0.2) is 0 Å². The predicted octanol–water partition coefficient (Wildman–Crippen LogP) is 0.554. The van der Waals surface area contributed by atoms with E-state index in [-0.39, 0.29) is 18.1 Å². The molecule has 21 heavy (non-hydrogen) atoms. The van der Waals surface area contributed by atoms with Gasteiger partial charge in [0.15, 0.2) is 0 Å². The van der Waals surface area contributed by atoms with E-state index >= 15 is 0 Å². The normalized spacial score (nSPS) is 15.9. The van der Waals surface area contributed by atoms with Gasteiger partial charge in [-0.05, 0) is 17.7 Å². The second-order valence-electron chi connectivity index (χ2n) is 5.21. The molecule has 0 atom stereocenters.